The molecule has 2 heterocycles. The maximum atomic E-state index is 13.8. The average Bonchev–Trinajstić information content (AvgIpc) is 3.52. The van der Waals surface area contributed by atoms with Gasteiger partial charge in [0.05, 0.1) is 20.9 Å². The summed E-state index contributed by atoms with van der Waals surface area (Å²) in [6.45, 7) is 1.23. The highest BCUT2D eigenvalue weighted by Gasteiger charge is 2.38. The predicted molar refractivity (Wildman–Crippen MR) is 156 cm³/mol. The third-order valence-electron chi connectivity index (χ3n) is 7.08. The summed E-state index contributed by atoms with van der Waals surface area (Å²) in [5, 5.41) is 29.6. The predicted octanol–water partition coefficient (Wildman–Crippen LogP) is 3.71. The molecule has 0 radical (unpaired) electrons. The number of aromatic nitrogens is 1. The zero-order valence-corrected chi connectivity index (χ0v) is 23.9. The van der Waals surface area contributed by atoms with E-state index in [1.807, 2.05) is 19.0 Å². The number of fused-ring (bicyclic) bond motifs is 4. The lowest BCUT2D eigenvalue weighted by Crippen LogP contribution is -2.30. The number of non-ortho nitro benzene ring substituents is 1. The van der Waals surface area contributed by atoms with Crippen LogP contribution >= 0.6 is 11.6 Å². The average molecular weight is 617 g/mol. The van der Waals surface area contributed by atoms with Crippen molar-refractivity contribution in [3.05, 3.63) is 74.0 Å². The molecule has 1 aliphatic rings. The fourth-order valence-electron chi connectivity index (χ4n) is 5.14. The number of anilines is 1. The molecule has 1 unspecified atom stereocenters. The number of amides is 1. The number of hydrogen-bond donors (Lipinski definition) is 2. The third kappa shape index (κ3) is 5.22. The van der Waals surface area contributed by atoms with E-state index in [1.165, 1.54) is 4.90 Å². The Balaban J connectivity index is 1.63. The summed E-state index contributed by atoms with van der Waals surface area (Å²) in [5.74, 6) is -0.466. The van der Waals surface area contributed by atoms with Gasteiger partial charge >= 0.3 is 0 Å². The van der Waals surface area contributed by atoms with Gasteiger partial charge in [-0.2, -0.15) is 0 Å². The maximum absolute atomic E-state index is 13.8. The Morgan fingerprint density at radius 2 is 1.83 bits per heavy atom. The first-order chi connectivity index (χ1) is 19.8. The topological polar surface area (TPSA) is 195 Å². The first-order valence-electron chi connectivity index (χ1n) is 12.5. The summed E-state index contributed by atoms with van der Waals surface area (Å²) in [6.07, 6.45) is 0. The van der Waals surface area contributed by atoms with Gasteiger partial charge in [-0.05, 0) is 55.4 Å². The van der Waals surface area contributed by atoms with E-state index in [2.05, 4.69) is 4.98 Å². The number of nitrogens with two attached hydrogens (primary N) is 1. The summed E-state index contributed by atoms with van der Waals surface area (Å²) in [6, 6.07) is 9.90. The Hall–Kier alpha value is -4.31. The van der Waals surface area contributed by atoms with Crippen LogP contribution in [0.15, 0.2) is 47.4 Å². The van der Waals surface area contributed by atoms with Crippen molar-refractivity contribution in [3.63, 3.8) is 0 Å². The number of ether oxygens (including phenoxy) is 1. The van der Waals surface area contributed by atoms with Crippen LogP contribution in [0.2, 0.25) is 0 Å². The minimum Gasteiger partial charge on any atom is -0.492 e. The molecule has 5 rings (SSSR count). The maximum Gasteiger partial charge on any atom is 0.290 e. The van der Waals surface area contributed by atoms with Crippen molar-refractivity contribution in [2.75, 3.05) is 44.6 Å². The van der Waals surface area contributed by atoms with Gasteiger partial charge in [-0.15, -0.1) is 11.6 Å². The summed E-state index contributed by atoms with van der Waals surface area (Å²) in [5.41, 5.74) is -0.0760. The van der Waals surface area contributed by atoms with Gasteiger partial charge in [0.15, 0.2) is 4.90 Å². The molecule has 16 heteroatoms. The molecule has 1 aromatic heterocycles. The van der Waals surface area contributed by atoms with Crippen LogP contribution in [0.1, 0.15) is 22.0 Å². The van der Waals surface area contributed by atoms with Gasteiger partial charge in [-0.3, -0.25) is 25.0 Å². The molecule has 3 aromatic carbocycles. The van der Waals surface area contributed by atoms with E-state index in [-0.39, 0.29) is 34.6 Å². The monoisotopic (exact) mass is 616 g/mol. The van der Waals surface area contributed by atoms with Gasteiger partial charge in [0.2, 0.25) is 10.0 Å². The highest BCUT2D eigenvalue weighted by molar-refractivity contribution is 7.89. The number of nitro groups is 2. The number of nitrogens with one attached hydrogen (secondary N) is 1. The normalized spacial score (nSPS) is 15.0. The minimum atomic E-state index is -4.59. The van der Waals surface area contributed by atoms with Gasteiger partial charge in [0.1, 0.15) is 18.1 Å². The lowest BCUT2D eigenvalue weighted by atomic mass is 9.94. The first kappa shape index (κ1) is 29.2. The number of likely N-dealkylation sites (N-methyl/N-ethyl adjacent to an activating group) is 1. The number of aromatic amines is 1. The fourth-order valence-corrected chi connectivity index (χ4v) is 6.09. The van der Waals surface area contributed by atoms with Gasteiger partial charge < -0.3 is 19.5 Å². The van der Waals surface area contributed by atoms with Crippen LogP contribution in [-0.4, -0.2) is 73.7 Å². The Bertz CT molecular complexity index is 1890. The molecule has 1 aliphatic heterocycles. The second-order valence-electron chi connectivity index (χ2n) is 10.1. The number of halogens is 1. The number of alkyl halides is 1. The van der Waals surface area contributed by atoms with Gasteiger partial charge in [-0.25, -0.2) is 13.6 Å². The molecule has 0 fully saturated rings. The number of rotatable bonds is 9. The van der Waals surface area contributed by atoms with Crippen LogP contribution in [0, 0.1) is 20.2 Å². The molecule has 3 N–H and O–H groups in total. The van der Waals surface area contributed by atoms with Crippen LogP contribution < -0.4 is 14.8 Å². The van der Waals surface area contributed by atoms with Crippen LogP contribution in [-0.2, 0) is 10.0 Å². The van der Waals surface area contributed by atoms with E-state index in [1.54, 1.807) is 24.3 Å². The second-order valence-corrected chi connectivity index (χ2v) is 11.9. The van der Waals surface area contributed by atoms with E-state index in [0.29, 0.717) is 28.8 Å². The fraction of sp³-hybridized carbons (Fsp3) is 0.269. The molecule has 0 bridgehead atoms. The van der Waals surface area contributed by atoms with Crippen molar-refractivity contribution in [2.24, 2.45) is 5.14 Å². The Morgan fingerprint density at radius 3 is 2.45 bits per heavy atom. The molecular weight excluding hydrogens is 592 g/mol. The molecule has 1 amide bonds. The zero-order valence-electron chi connectivity index (χ0n) is 22.4. The minimum absolute atomic E-state index is 0.0221. The van der Waals surface area contributed by atoms with E-state index >= 15 is 0 Å². The molecule has 0 aliphatic carbocycles. The standard InChI is InChI=1S/C26H25ClN6O8S/c1-30(2)5-6-41-16-3-4-19-14(7-16)8-20(29-19)26(34)31-13-15(12-27)25-18-10-24(42(28,39)40)22(33(37)38)9-17(18)21(32(35)36)11-23(25)31/h3-4,7-11,15,29H,5-6,12-13H2,1-2H3,(H2,28,39,40). The molecule has 1 atom stereocenters. The van der Waals surface area contributed by atoms with Gasteiger partial charge in [-0.1, -0.05) is 0 Å². The van der Waals surface area contributed by atoms with Crippen LogP contribution in [0.5, 0.6) is 5.75 Å². The first-order valence-corrected chi connectivity index (χ1v) is 14.6. The van der Waals surface area contributed by atoms with Gasteiger partial charge in [0.25, 0.3) is 17.3 Å². The molecule has 42 heavy (non-hydrogen) atoms. The number of H-pyrrole nitrogens is 1. The Kier molecular flexibility index (Phi) is 7.53. The van der Waals surface area contributed by atoms with Crippen molar-refractivity contribution < 1.29 is 27.8 Å². The molecule has 0 spiro atoms. The largest absolute Gasteiger partial charge is 0.492 e. The highest BCUT2D eigenvalue weighted by atomic mass is 35.5. The van der Waals surface area contributed by atoms with Crippen molar-refractivity contribution in [1.29, 1.82) is 0 Å². The number of benzene rings is 3. The lowest BCUT2D eigenvalue weighted by molar-refractivity contribution is -0.388. The van der Waals surface area contributed by atoms with Crippen LogP contribution in [0.25, 0.3) is 21.7 Å². The van der Waals surface area contributed by atoms with Gasteiger partial charge in [0, 0.05) is 47.9 Å². The van der Waals surface area contributed by atoms with Crippen molar-refractivity contribution in [1.82, 2.24) is 9.88 Å². The Morgan fingerprint density at radius 1 is 1.12 bits per heavy atom. The number of hydrogen-bond acceptors (Lipinski definition) is 9. The summed E-state index contributed by atoms with van der Waals surface area (Å²) in [4.78, 5) is 41.4. The van der Waals surface area contributed by atoms with E-state index < -0.39 is 48.0 Å². The molecule has 0 saturated carbocycles. The number of carbonyl (C=O) groups excluding carboxylic acids is 1. The van der Waals surface area contributed by atoms with Crippen molar-refractivity contribution in [3.8, 4) is 5.75 Å². The molecule has 0 saturated heterocycles. The van der Waals surface area contributed by atoms with E-state index in [9.17, 15) is 33.4 Å². The number of nitrogens with zero attached hydrogens (tertiary/aromatic N) is 4. The summed E-state index contributed by atoms with van der Waals surface area (Å²) < 4.78 is 30.3. The lowest BCUT2D eigenvalue weighted by Gasteiger charge is -2.17. The molecule has 220 valence electrons. The summed E-state index contributed by atoms with van der Waals surface area (Å²) >= 11 is 6.26. The Labute approximate surface area is 243 Å². The summed E-state index contributed by atoms with van der Waals surface area (Å²) in [7, 11) is -0.723. The SMILES string of the molecule is CN(C)CCOc1ccc2[nH]c(C(=O)N3CC(CCl)c4c3cc([N+](=O)[O-])c3cc([N+](=O)[O-])c(S(N)(=O)=O)cc43)cc2c1. The highest BCUT2D eigenvalue weighted by Crippen LogP contribution is 2.47. The smallest absolute Gasteiger partial charge is 0.290 e. The third-order valence-corrected chi connectivity index (χ3v) is 8.39. The van der Waals surface area contributed by atoms with E-state index in [4.69, 9.17) is 21.5 Å². The second kappa shape index (κ2) is 10.8. The van der Waals surface area contributed by atoms with Crippen LogP contribution in [0.4, 0.5) is 17.1 Å². The van der Waals surface area contributed by atoms with Crippen molar-refractivity contribution >= 4 is 66.3 Å². The van der Waals surface area contributed by atoms with E-state index in [0.717, 1.165) is 24.7 Å². The zero-order chi connectivity index (χ0) is 30.5. The molecular formula is C26H25ClN6O8S. The number of primary sulfonamides is 1. The molecule has 14 nitrogen and oxygen atoms in total. The number of nitro benzene ring substituents is 2. The quantitative estimate of drug-likeness (QED) is 0.160. The van der Waals surface area contributed by atoms with Crippen LogP contribution in [0.3, 0.4) is 0 Å². The molecule has 4 aromatic rings. The number of sulfonamides is 1. The number of carbonyl (C=O) groups is 1. The van der Waals surface area contributed by atoms with Crippen molar-refractivity contribution in [2.45, 2.75) is 10.8 Å².